The predicted octanol–water partition coefficient (Wildman–Crippen LogP) is 3.50. The molecular weight excluding hydrogens is 365 g/mol. The van der Waals surface area contributed by atoms with E-state index in [0.717, 1.165) is 0 Å². The Morgan fingerprint density at radius 3 is 2.32 bits per heavy atom. The average molecular weight is 384 g/mol. The van der Waals surface area contributed by atoms with E-state index in [1.807, 2.05) is 13.8 Å². The van der Waals surface area contributed by atoms with Gasteiger partial charge in [-0.25, -0.2) is 4.79 Å². The van der Waals surface area contributed by atoms with Gasteiger partial charge >= 0.3 is 5.97 Å². The number of benzene rings is 1. The summed E-state index contributed by atoms with van der Waals surface area (Å²) in [5.74, 6) is -1.62. The van der Waals surface area contributed by atoms with Gasteiger partial charge in [0.1, 0.15) is 6.04 Å². The summed E-state index contributed by atoms with van der Waals surface area (Å²) in [6.45, 7) is 5.67. The summed E-state index contributed by atoms with van der Waals surface area (Å²) in [7, 11) is 0. The number of aliphatic carboxylic acids is 1. The molecule has 0 spiro atoms. The van der Waals surface area contributed by atoms with Crippen LogP contribution in [-0.4, -0.2) is 32.8 Å². The third-order valence-electron chi connectivity index (χ3n) is 3.74. The second kappa shape index (κ2) is 7.89. The van der Waals surface area contributed by atoms with Gasteiger partial charge in [-0.2, -0.15) is 5.10 Å². The van der Waals surface area contributed by atoms with Gasteiger partial charge in [0.15, 0.2) is 0 Å². The summed E-state index contributed by atoms with van der Waals surface area (Å²) in [6.07, 6.45) is 1.51. The fourth-order valence-corrected chi connectivity index (χ4v) is 3.14. The van der Waals surface area contributed by atoms with E-state index in [4.69, 9.17) is 23.2 Å². The first-order chi connectivity index (χ1) is 11.7. The molecule has 0 bridgehead atoms. The van der Waals surface area contributed by atoms with Crippen molar-refractivity contribution in [3.8, 4) is 0 Å². The number of nitrogens with zero attached hydrogens (tertiary/aromatic N) is 2. The zero-order chi connectivity index (χ0) is 18.7. The summed E-state index contributed by atoms with van der Waals surface area (Å²) in [6, 6.07) is 3.80. The van der Waals surface area contributed by atoms with Crippen molar-refractivity contribution < 1.29 is 14.7 Å². The van der Waals surface area contributed by atoms with E-state index in [1.54, 1.807) is 29.8 Å². The number of carboxylic acids is 1. The molecule has 1 amide bonds. The molecule has 25 heavy (non-hydrogen) atoms. The average Bonchev–Trinajstić information content (AvgIpc) is 2.87. The molecule has 1 atom stereocenters. The molecule has 6 nitrogen and oxygen atoms in total. The maximum Gasteiger partial charge on any atom is 0.326 e. The third kappa shape index (κ3) is 4.74. The number of hydrogen-bond donors (Lipinski definition) is 2. The van der Waals surface area contributed by atoms with Crippen LogP contribution in [0.1, 0.15) is 41.5 Å². The van der Waals surface area contributed by atoms with Crippen molar-refractivity contribution >= 4 is 35.1 Å². The lowest BCUT2D eigenvalue weighted by Gasteiger charge is -2.15. The Kier molecular flexibility index (Phi) is 6.08. The lowest BCUT2D eigenvalue weighted by Crippen LogP contribution is -2.42. The number of hydrogen-bond acceptors (Lipinski definition) is 3. The van der Waals surface area contributed by atoms with Crippen molar-refractivity contribution in [3.05, 3.63) is 51.3 Å². The maximum atomic E-state index is 12.5. The molecule has 2 N–H and O–H groups in total. The molecule has 1 heterocycles. The van der Waals surface area contributed by atoms with Gasteiger partial charge in [-0.1, -0.05) is 23.2 Å². The fraction of sp³-hybridized carbons (Fsp3) is 0.353. The fourth-order valence-electron chi connectivity index (χ4n) is 2.57. The highest BCUT2D eigenvalue weighted by Gasteiger charge is 2.24. The largest absolute Gasteiger partial charge is 0.480 e. The van der Waals surface area contributed by atoms with Gasteiger partial charge < -0.3 is 10.4 Å². The van der Waals surface area contributed by atoms with Gasteiger partial charge in [-0.3, -0.25) is 9.48 Å². The molecular formula is C17H19Cl2N3O3. The minimum absolute atomic E-state index is 0.0682. The molecule has 0 radical (unpaired) electrons. The van der Waals surface area contributed by atoms with Gasteiger partial charge in [0, 0.05) is 28.2 Å². The number of aromatic nitrogens is 2. The van der Waals surface area contributed by atoms with Crippen molar-refractivity contribution in [2.45, 2.75) is 39.3 Å². The molecule has 2 aromatic rings. The zero-order valence-electron chi connectivity index (χ0n) is 14.1. The quantitative estimate of drug-likeness (QED) is 0.799. The lowest BCUT2D eigenvalue weighted by atomic mass is 10.1. The molecule has 0 aliphatic carbocycles. The Hall–Kier alpha value is -2.05. The summed E-state index contributed by atoms with van der Waals surface area (Å²) >= 11 is 11.9. The van der Waals surface area contributed by atoms with E-state index in [9.17, 15) is 14.7 Å². The number of halogens is 2. The smallest absolute Gasteiger partial charge is 0.326 e. The number of carbonyl (C=O) groups is 2. The Balaban J connectivity index is 2.19. The monoisotopic (exact) mass is 383 g/mol. The predicted molar refractivity (Wildman–Crippen MR) is 96.4 cm³/mol. The van der Waals surface area contributed by atoms with E-state index in [1.165, 1.54) is 6.20 Å². The Labute approximate surface area is 155 Å². The number of carboxylic acid groups (broad SMARTS) is 1. The molecule has 8 heteroatoms. The minimum atomic E-state index is -1.14. The Bertz CT molecular complexity index is 782. The normalized spacial score (nSPS) is 12.2. The molecule has 0 saturated carbocycles. The molecule has 0 aliphatic rings. The molecule has 0 aliphatic heterocycles. The van der Waals surface area contributed by atoms with Crippen LogP contribution in [0.15, 0.2) is 24.4 Å². The Morgan fingerprint density at radius 2 is 1.84 bits per heavy atom. The van der Waals surface area contributed by atoms with Crippen LogP contribution < -0.4 is 5.32 Å². The van der Waals surface area contributed by atoms with E-state index < -0.39 is 17.9 Å². The molecule has 0 saturated heterocycles. The molecule has 2 rings (SSSR count). The van der Waals surface area contributed by atoms with Crippen molar-refractivity contribution in [3.63, 3.8) is 0 Å². The second-order valence-corrected chi connectivity index (χ2v) is 6.90. The number of carbonyl (C=O) groups excluding carboxylic acids is 1. The maximum absolute atomic E-state index is 12.5. The van der Waals surface area contributed by atoms with E-state index >= 15 is 0 Å². The summed E-state index contributed by atoms with van der Waals surface area (Å²) in [5, 5.41) is 17.0. The van der Waals surface area contributed by atoms with E-state index in [0.29, 0.717) is 26.9 Å². The van der Waals surface area contributed by atoms with E-state index in [2.05, 4.69) is 10.4 Å². The van der Waals surface area contributed by atoms with Crippen LogP contribution in [0.25, 0.3) is 0 Å². The third-order valence-corrected chi connectivity index (χ3v) is 4.18. The van der Waals surface area contributed by atoms with Crippen LogP contribution in [0, 0.1) is 6.92 Å². The number of nitrogens with one attached hydrogen (secondary N) is 1. The van der Waals surface area contributed by atoms with Crippen LogP contribution in [0.3, 0.4) is 0 Å². The van der Waals surface area contributed by atoms with Crippen LogP contribution in [0.5, 0.6) is 0 Å². The van der Waals surface area contributed by atoms with Crippen molar-refractivity contribution in [1.29, 1.82) is 0 Å². The zero-order valence-corrected chi connectivity index (χ0v) is 15.6. The summed E-state index contributed by atoms with van der Waals surface area (Å²) < 4.78 is 1.71. The van der Waals surface area contributed by atoms with Crippen molar-refractivity contribution in [1.82, 2.24) is 15.1 Å². The molecule has 1 aromatic heterocycles. The molecule has 0 fully saturated rings. The highest BCUT2D eigenvalue weighted by atomic mass is 35.5. The topological polar surface area (TPSA) is 84.2 Å². The van der Waals surface area contributed by atoms with Gasteiger partial charge in [0.05, 0.1) is 11.8 Å². The molecule has 134 valence electrons. The second-order valence-electron chi connectivity index (χ2n) is 6.03. The van der Waals surface area contributed by atoms with Gasteiger partial charge in [0.25, 0.3) is 5.91 Å². The number of amides is 1. The van der Waals surface area contributed by atoms with Gasteiger partial charge in [-0.15, -0.1) is 0 Å². The first-order valence-electron chi connectivity index (χ1n) is 7.71. The lowest BCUT2D eigenvalue weighted by molar-refractivity contribution is -0.139. The van der Waals surface area contributed by atoms with Crippen LogP contribution >= 0.6 is 23.2 Å². The highest BCUT2D eigenvalue weighted by Crippen LogP contribution is 2.20. The van der Waals surface area contributed by atoms with E-state index in [-0.39, 0.29) is 12.5 Å². The first kappa shape index (κ1) is 19.3. The summed E-state index contributed by atoms with van der Waals surface area (Å²) in [4.78, 5) is 24.0. The molecule has 1 unspecified atom stereocenters. The SMILES string of the molecule is Cc1c(C(=O)NC(Cc2cc(Cl)cc(Cl)c2)C(=O)O)cnn1C(C)C. The minimum Gasteiger partial charge on any atom is -0.480 e. The van der Waals surface area contributed by atoms with Crippen molar-refractivity contribution in [2.75, 3.05) is 0 Å². The van der Waals surface area contributed by atoms with Crippen LogP contribution in [-0.2, 0) is 11.2 Å². The van der Waals surface area contributed by atoms with Gasteiger partial charge in [0.2, 0.25) is 0 Å². The van der Waals surface area contributed by atoms with Crippen LogP contribution in [0.2, 0.25) is 10.0 Å². The van der Waals surface area contributed by atoms with Gasteiger partial charge in [-0.05, 0) is 44.5 Å². The molecule has 1 aromatic carbocycles. The van der Waals surface area contributed by atoms with Crippen LogP contribution in [0.4, 0.5) is 0 Å². The van der Waals surface area contributed by atoms with Crippen molar-refractivity contribution in [2.24, 2.45) is 0 Å². The first-order valence-corrected chi connectivity index (χ1v) is 8.47. The highest BCUT2D eigenvalue weighted by molar-refractivity contribution is 6.34. The standard InChI is InChI=1S/C17H19Cl2N3O3/c1-9(2)22-10(3)14(8-20-22)16(23)21-15(17(24)25)6-11-4-12(18)7-13(19)5-11/h4-5,7-9,15H,6H2,1-3H3,(H,21,23)(H,24,25). The summed E-state index contributed by atoms with van der Waals surface area (Å²) in [5.41, 5.74) is 1.66. The Morgan fingerprint density at radius 1 is 1.24 bits per heavy atom. The number of rotatable bonds is 6.